The average Bonchev–Trinajstić information content (AvgIpc) is 3.65. The zero-order chi connectivity index (χ0) is 42.6. The molecule has 0 N–H and O–H groups in total. The minimum Gasteiger partial charge on any atom is -0.296 e. The second-order valence-electron chi connectivity index (χ2n) is 11.3. The fraction of sp³-hybridized carbons (Fsp3) is 0.0444. The highest BCUT2D eigenvalue weighted by Crippen LogP contribution is 2.45. The molecule has 0 spiro atoms. The first-order valence-electron chi connectivity index (χ1n) is 21.7. The third kappa shape index (κ3) is 4.45. The largest absolute Gasteiger partial charge is 0.296 e. The molecule has 222 valence electrons. The molecule has 9 aromatic rings. The lowest BCUT2D eigenvalue weighted by molar-refractivity contribution is 0.908. The van der Waals surface area contributed by atoms with Gasteiger partial charge in [-0.1, -0.05) is 146 Å². The molecule has 0 atom stereocenters. The van der Waals surface area contributed by atoms with Gasteiger partial charge in [-0.25, -0.2) is 4.98 Å². The number of aryl methyl sites for hydroxylation is 1. The Kier molecular flexibility index (Phi) is 4.04. The fourth-order valence-corrected chi connectivity index (χ4v) is 6.63. The monoisotopic (exact) mass is 613 g/mol. The van der Waals surface area contributed by atoms with Crippen LogP contribution in [0.5, 0.6) is 0 Å². The first-order valence-corrected chi connectivity index (χ1v) is 15.2. The maximum Gasteiger partial charge on any atom is 0.114 e. The maximum absolute atomic E-state index is 9.28. The maximum atomic E-state index is 9.28. The van der Waals surface area contributed by atoms with Crippen molar-refractivity contribution in [3.05, 3.63) is 169 Å². The van der Waals surface area contributed by atoms with Crippen LogP contribution in [-0.2, 0) is 6.37 Å². The summed E-state index contributed by atoms with van der Waals surface area (Å²) in [5.41, 5.74) is 4.54. The molecule has 9 rings (SSSR count). The summed E-state index contributed by atoms with van der Waals surface area (Å²) in [5, 5.41) is 2.12. The Morgan fingerprint density at radius 3 is 1.85 bits per heavy atom. The number of aromatic nitrogens is 2. The standard InChI is InChI=1S/C45H32N2/c1-2-43-46-41-20-9-10-21-42(41)47(43)34-28-26-31(27-29-34)30-22-24-33(25-23-30)44-37-15-5-7-17-39(37)45(40-18-8-6-16-38(40)44)36-19-11-13-32-12-3-4-14-35(32)36/h3-29H,2H2,1H3/i1D3,2D2,5D,6D,7D,8D,15D,16D,17D,18D. The Balaban J connectivity index is 1.26. The van der Waals surface area contributed by atoms with Crippen LogP contribution in [-0.4, -0.2) is 9.55 Å². The molecular weight excluding hydrogens is 569 g/mol. The number of rotatable bonds is 5. The van der Waals surface area contributed by atoms with Crippen LogP contribution >= 0.6 is 0 Å². The van der Waals surface area contributed by atoms with Crippen LogP contribution in [0.15, 0.2) is 164 Å². The normalized spacial score (nSPS) is 16.1. The van der Waals surface area contributed by atoms with Gasteiger partial charge in [0.1, 0.15) is 5.82 Å². The number of fused-ring (bicyclic) bond motifs is 4. The summed E-state index contributed by atoms with van der Waals surface area (Å²) < 4.78 is 114. The van der Waals surface area contributed by atoms with E-state index in [2.05, 4.69) is 4.98 Å². The number of benzene rings is 8. The Morgan fingerprint density at radius 1 is 0.574 bits per heavy atom. The molecule has 47 heavy (non-hydrogen) atoms. The summed E-state index contributed by atoms with van der Waals surface area (Å²) >= 11 is 0. The summed E-state index contributed by atoms with van der Waals surface area (Å²) in [7, 11) is 0. The second-order valence-corrected chi connectivity index (χ2v) is 11.3. The molecule has 0 amide bonds. The molecule has 0 bridgehead atoms. The second kappa shape index (κ2) is 11.1. The molecule has 0 unspecified atom stereocenters. The molecule has 1 heterocycles. The smallest absolute Gasteiger partial charge is 0.114 e. The predicted octanol–water partition coefficient (Wildman–Crippen LogP) is 12.0. The number of para-hydroxylation sites is 2. The van der Waals surface area contributed by atoms with Gasteiger partial charge in [-0.3, -0.25) is 4.57 Å². The number of imidazole rings is 1. The summed E-state index contributed by atoms with van der Waals surface area (Å²) in [6, 6.07) is 31.0. The van der Waals surface area contributed by atoms with Crippen LogP contribution in [0.4, 0.5) is 0 Å². The van der Waals surface area contributed by atoms with Crippen molar-refractivity contribution >= 4 is 43.4 Å². The summed E-state index contributed by atoms with van der Waals surface area (Å²) in [6.07, 6.45) is -2.76. The van der Waals surface area contributed by atoms with E-state index >= 15 is 0 Å². The van der Waals surface area contributed by atoms with Crippen LogP contribution < -0.4 is 0 Å². The molecule has 0 aliphatic carbocycles. The van der Waals surface area contributed by atoms with Gasteiger partial charge in [-0.2, -0.15) is 0 Å². The average molecular weight is 614 g/mol. The molecule has 0 aliphatic rings. The van der Waals surface area contributed by atoms with E-state index in [-0.39, 0.29) is 62.7 Å². The predicted molar refractivity (Wildman–Crippen MR) is 199 cm³/mol. The minimum atomic E-state index is -2.98. The van der Waals surface area contributed by atoms with Gasteiger partial charge in [0, 0.05) is 18.9 Å². The molecule has 2 nitrogen and oxygen atoms in total. The van der Waals surface area contributed by atoms with E-state index in [0.717, 1.165) is 21.9 Å². The molecular formula is C45H32N2. The Labute approximate surface area is 292 Å². The molecule has 0 radical (unpaired) electrons. The van der Waals surface area contributed by atoms with Gasteiger partial charge in [-0.15, -0.1) is 0 Å². The topological polar surface area (TPSA) is 17.8 Å². The quantitative estimate of drug-likeness (QED) is 0.177. The highest BCUT2D eigenvalue weighted by atomic mass is 15.1. The van der Waals surface area contributed by atoms with Crippen molar-refractivity contribution in [3.63, 3.8) is 0 Å². The van der Waals surface area contributed by atoms with Gasteiger partial charge < -0.3 is 0 Å². The van der Waals surface area contributed by atoms with Crippen molar-refractivity contribution < 1.29 is 17.8 Å². The summed E-state index contributed by atoms with van der Waals surface area (Å²) in [5.74, 6) is -0.248. The van der Waals surface area contributed by atoms with Crippen molar-refractivity contribution in [1.82, 2.24) is 9.55 Å². The molecule has 0 saturated carbocycles. The third-order valence-corrected chi connectivity index (χ3v) is 8.74. The van der Waals surface area contributed by atoms with Gasteiger partial charge in [-0.05, 0) is 90.0 Å². The Morgan fingerprint density at radius 2 is 1.15 bits per heavy atom. The van der Waals surface area contributed by atoms with Crippen molar-refractivity contribution in [1.29, 1.82) is 0 Å². The zero-order valence-electron chi connectivity index (χ0n) is 37.9. The van der Waals surface area contributed by atoms with Crippen molar-refractivity contribution in [3.8, 4) is 39.1 Å². The van der Waals surface area contributed by atoms with Gasteiger partial charge >= 0.3 is 0 Å². The van der Waals surface area contributed by atoms with Crippen LogP contribution in [0.2, 0.25) is 0 Å². The van der Waals surface area contributed by atoms with E-state index in [1.807, 2.05) is 60.7 Å². The van der Waals surface area contributed by atoms with E-state index in [4.69, 9.17) is 12.3 Å². The zero-order valence-corrected chi connectivity index (χ0v) is 24.9. The number of hydrogen-bond acceptors (Lipinski definition) is 1. The molecule has 0 fully saturated rings. The van der Waals surface area contributed by atoms with Crippen molar-refractivity contribution in [2.75, 3.05) is 0 Å². The lowest BCUT2D eigenvalue weighted by Crippen LogP contribution is -1.99. The van der Waals surface area contributed by atoms with Gasteiger partial charge in [0.05, 0.1) is 22.0 Å². The SMILES string of the molecule is [2H]c1c([2H])c([2H])c2c(-c3cccc4ccccc34)c3c([2H])c([2H])c([2H])c([2H])c3c(-c3ccc(-c4ccc(-n5c(C([2H])([2H])C([2H])([2H])[2H])nc6ccccc65)cc4)cc3)c2c1[2H]. The van der Waals surface area contributed by atoms with Crippen LogP contribution in [0.3, 0.4) is 0 Å². The fourth-order valence-electron chi connectivity index (χ4n) is 6.63. The van der Waals surface area contributed by atoms with E-state index in [0.29, 0.717) is 27.8 Å². The van der Waals surface area contributed by atoms with E-state index < -0.39 is 37.4 Å². The lowest BCUT2D eigenvalue weighted by Gasteiger charge is -2.19. The van der Waals surface area contributed by atoms with E-state index in [1.54, 1.807) is 54.6 Å². The molecule has 0 aliphatic heterocycles. The summed E-state index contributed by atoms with van der Waals surface area (Å²) in [6.45, 7) is -2.98. The van der Waals surface area contributed by atoms with Crippen LogP contribution in [0.1, 0.15) is 30.5 Å². The van der Waals surface area contributed by atoms with Gasteiger partial charge in [0.2, 0.25) is 0 Å². The first-order chi connectivity index (χ1) is 28.5. The lowest BCUT2D eigenvalue weighted by atomic mass is 9.84. The molecule has 2 heteroatoms. The number of nitrogens with zero attached hydrogens (tertiary/aromatic N) is 2. The van der Waals surface area contributed by atoms with Gasteiger partial charge in [0.15, 0.2) is 0 Å². The van der Waals surface area contributed by atoms with Crippen LogP contribution in [0, 0.1) is 0 Å². The van der Waals surface area contributed by atoms with E-state index in [1.165, 1.54) is 4.57 Å². The number of hydrogen-bond donors (Lipinski definition) is 0. The van der Waals surface area contributed by atoms with Crippen molar-refractivity contribution in [2.24, 2.45) is 0 Å². The Bertz CT molecular complexity index is 3160. The highest BCUT2D eigenvalue weighted by Gasteiger charge is 2.18. The van der Waals surface area contributed by atoms with Crippen molar-refractivity contribution in [2.45, 2.75) is 13.2 Å². The van der Waals surface area contributed by atoms with Crippen LogP contribution in [0.25, 0.3) is 82.4 Å². The molecule has 8 aromatic carbocycles. The summed E-state index contributed by atoms with van der Waals surface area (Å²) in [4.78, 5) is 4.40. The van der Waals surface area contributed by atoms with Gasteiger partial charge in [0.25, 0.3) is 0 Å². The highest BCUT2D eigenvalue weighted by molar-refractivity contribution is 6.23. The first kappa shape index (κ1) is 17.1. The third-order valence-electron chi connectivity index (χ3n) is 8.74. The molecule has 1 aromatic heterocycles. The minimum absolute atomic E-state index is 0.124. The van der Waals surface area contributed by atoms with E-state index in [9.17, 15) is 5.48 Å². The molecule has 0 saturated heterocycles. The Hall–Kier alpha value is -5.99.